The van der Waals surface area contributed by atoms with E-state index in [2.05, 4.69) is 52.5 Å². The number of hydrogen-bond acceptors (Lipinski definition) is 3. The Balaban J connectivity index is 1.64. The summed E-state index contributed by atoms with van der Waals surface area (Å²) in [6, 6.07) is 14.6. The summed E-state index contributed by atoms with van der Waals surface area (Å²) in [5.74, 6) is -0.408. The third-order valence-electron chi connectivity index (χ3n) is 6.78. The molecule has 3 N–H and O–H groups in total. The monoisotopic (exact) mass is 439 g/mol. The molecule has 0 fully saturated rings. The van der Waals surface area contributed by atoms with Crippen molar-refractivity contribution in [2.75, 3.05) is 5.32 Å². The van der Waals surface area contributed by atoms with E-state index >= 15 is 0 Å². The lowest BCUT2D eigenvalue weighted by Crippen LogP contribution is -2.34. The van der Waals surface area contributed by atoms with Crippen molar-refractivity contribution < 1.29 is 14.2 Å². The Hall–Kier alpha value is -3.80. The SMILES string of the molecule is CC1(C)CC(=O)C2=C(C1)Nc1ccc3[nH+]cccc3c1C2c1cn[nH]c1-c1ccc(F)cc1. The second-order valence-corrected chi connectivity index (χ2v) is 9.76. The van der Waals surface area contributed by atoms with Gasteiger partial charge in [0.25, 0.3) is 0 Å². The van der Waals surface area contributed by atoms with Gasteiger partial charge in [-0.1, -0.05) is 13.8 Å². The predicted molar refractivity (Wildman–Crippen MR) is 125 cm³/mol. The number of Topliss-reactive ketones (excluding diaryl/α,β-unsaturated/α-hetero) is 1. The van der Waals surface area contributed by atoms with Gasteiger partial charge in [0.15, 0.2) is 12.0 Å². The maximum Gasteiger partial charge on any atom is 0.211 e. The second-order valence-electron chi connectivity index (χ2n) is 9.76. The Morgan fingerprint density at radius 1 is 1.09 bits per heavy atom. The normalized spacial score (nSPS) is 19.2. The molecule has 2 aromatic heterocycles. The molecular weight excluding hydrogens is 415 g/mol. The molecule has 0 saturated carbocycles. The molecule has 6 rings (SSSR count). The van der Waals surface area contributed by atoms with Gasteiger partial charge in [0.2, 0.25) is 5.52 Å². The number of halogens is 1. The Bertz CT molecular complexity index is 1450. The number of allylic oxidation sites excluding steroid dienone is 2. The average Bonchev–Trinajstić information content (AvgIpc) is 3.26. The van der Waals surface area contributed by atoms with E-state index in [0.717, 1.165) is 56.7 Å². The largest absolute Gasteiger partial charge is 0.358 e. The zero-order valence-electron chi connectivity index (χ0n) is 18.5. The number of rotatable bonds is 2. The van der Waals surface area contributed by atoms with Crippen LogP contribution in [0.25, 0.3) is 22.2 Å². The molecular formula is C27H24FN4O+. The summed E-state index contributed by atoms with van der Waals surface area (Å²) in [5.41, 5.74) is 7.30. The lowest BCUT2D eigenvalue weighted by Gasteiger charge is -2.39. The van der Waals surface area contributed by atoms with Crippen LogP contribution in [0.15, 0.2) is 72.2 Å². The van der Waals surface area contributed by atoms with E-state index in [1.54, 1.807) is 12.1 Å². The molecule has 2 aliphatic rings. The van der Waals surface area contributed by atoms with E-state index in [9.17, 15) is 9.18 Å². The maximum atomic E-state index is 13.6. The number of nitrogens with one attached hydrogen (secondary N) is 3. The summed E-state index contributed by atoms with van der Waals surface area (Å²) in [6.07, 6.45) is 5.01. The van der Waals surface area contributed by atoms with Crippen molar-refractivity contribution in [1.82, 2.24) is 10.2 Å². The Kier molecular flexibility index (Phi) is 4.27. The van der Waals surface area contributed by atoms with Crippen LogP contribution in [-0.2, 0) is 4.79 Å². The molecule has 6 heteroatoms. The molecule has 1 atom stereocenters. The Labute approximate surface area is 190 Å². The minimum atomic E-state index is -0.289. The zero-order chi connectivity index (χ0) is 22.7. The number of carbonyl (C=O) groups is 1. The molecule has 5 nitrogen and oxygen atoms in total. The molecule has 0 bridgehead atoms. The standard InChI is InChI=1S/C27H23FN4O/c1-27(2)12-21-25(22(33)13-27)24(18-14-30-32-26(18)15-5-7-16(28)8-6-15)23-17-4-3-11-29-19(17)9-10-20(23)31-21/h3-11,14,24,31H,12-13H2,1-2H3,(H,30,32)/p+1. The van der Waals surface area contributed by atoms with E-state index < -0.39 is 0 Å². The van der Waals surface area contributed by atoms with Crippen LogP contribution < -0.4 is 10.3 Å². The van der Waals surface area contributed by atoms with Crippen molar-refractivity contribution in [1.29, 1.82) is 0 Å². The first-order chi connectivity index (χ1) is 15.9. The van der Waals surface area contributed by atoms with Crippen LogP contribution in [0.2, 0.25) is 0 Å². The number of anilines is 1. The molecule has 33 heavy (non-hydrogen) atoms. The summed E-state index contributed by atoms with van der Waals surface area (Å²) in [7, 11) is 0. The van der Waals surface area contributed by atoms with Gasteiger partial charge in [-0.05, 0) is 48.2 Å². The van der Waals surface area contributed by atoms with Gasteiger partial charge in [0.05, 0.1) is 17.3 Å². The molecule has 0 radical (unpaired) electrons. The van der Waals surface area contributed by atoms with Gasteiger partial charge in [-0.3, -0.25) is 9.89 Å². The zero-order valence-corrected chi connectivity index (χ0v) is 18.5. The number of carbonyl (C=O) groups excluding carboxylic acids is 1. The number of aromatic amines is 2. The average molecular weight is 440 g/mol. The van der Waals surface area contributed by atoms with Gasteiger partial charge in [0, 0.05) is 58.1 Å². The van der Waals surface area contributed by atoms with Crippen molar-refractivity contribution in [3.05, 3.63) is 89.1 Å². The first-order valence-electron chi connectivity index (χ1n) is 11.2. The van der Waals surface area contributed by atoms with Crippen LogP contribution in [0, 0.1) is 11.2 Å². The first-order valence-corrected chi connectivity index (χ1v) is 11.2. The number of benzene rings is 2. The van der Waals surface area contributed by atoms with Gasteiger partial charge in [-0.25, -0.2) is 9.37 Å². The number of hydrogen-bond donors (Lipinski definition) is 2. The lowest BCUT2D eigenvalue weighted by molar-refractivity contribution is -0.344. The second kappa shape index (κ2) is 7.10. The van der Waals surface area contributed by atoms with Gasteiger partial charge >= 0.3 is 0 Å². The highest BCUT2D eigenvalue weighted by Crippen LogP contribution is 2.51. The predicted octanol–water partition coefficient (Wildman–Crippen LogP) is 5.38. The third kappa shape index (κ3) is 3.17. The van der Waals surface area contributed by atoms with E-state index in [-0.39, 0.29) is 22.9 Å². The summed E-state index contributed by atoms with van der Waals surface area (Å²) < 4.78 is 13.6. The van der Waals surface area contributed by atoms with Crippen molar-refractivity contribution in [2.45, 2.75) is 32.6 Å². The quantitative estimate of drug-likeness (QED) is 0.440. The van der Waals surface area contributed by atoms with Crippen LogP contribution >= 0.6 is 0 Å². The number of H-pyrrole nitrogens is 2. The number of fused-ring (bicyclic) bond motifs is 3. The van der Waals surface area contributed by atoms with Crippen LogP contribution in [0.5, 0.6) is 0 Å². The van der Waals surface area contributed by atoms with Crippen molar-refractivity contribution in [3.8, 4) is 11.3 Å². The van der Waals surface area contributed by atoms with Crippen molar-refractivity contribution in [2.24, 2.45) is 5.41 Å². The topological polar surface area (TPSA) is 71.9 Å². The number of aromatic nitrogens is 3. The number of pyridine rings is 1. The smallest absolute Gasteiger partial charge is 0.211 e. The highest BCUT2D eigenvalue weighted by Gasteiger charge is 2.42. The van der Waals surface area contributed by atoms with Crippen molar-refractivity contribution in [3.63, 3.8) is 0 Å². The van der Waals surface area contributed by atoms with Crippen LogP contribution in [0.4, 0.5) is 10.1 Å². The molecule has 1 unspecified atom stereocenters. The number of ketones is 1. The van der Waals surface area contributed by atoms with Gasteiger partial charge in [0.1, 0.15) is 5.82 Å². The first kappa shape index (κ1) is 19.9. The molecule has 2 aromatic carbocycles. The minimum Gasteiger partial charge on any atom is -0.358 e. The molecule has 1 aliphatic heterocycles. The highest BCUT2D eigenvalue weighted by molar-refractivity contribution is 6.04. The van der Waals surface area contributed by atoms with Crippen LogP contribution in [0.3, 0.4) is 0 Å². The van der Waals surface area contributed by atoms with Gasteiger partial charge in [-0.2, -0.15) is 5.10 Å². The summed E-state index contributed by atoms with van der Waals surface area (Å²) in [5, 5.41) is 12.1. The molecule has 0 amide bonds. The molecule has 1 aliphatic carbocycles. The van der Waals surface area contributed by atoms with Crippen molar-refractivity contribution >= 4 is 22.4 Å². The molecule has 3 heterocycles. The summed E-state index contributed by atoms with van der Waals surface area (Å²) >= 11 is 0. The molecule has 0 saturated heterocycles. The van der Waals surface area contributed by atoms with Gasteiger partial charge < -0.3 is 5.32 Å². The Morgan fingerprint density at radius 2 is 1.91 bits per heavy atom. The molecule has 0 spiro atoms. The molecule has 164 valence electrons. The van der Waals surface area contributed by atoms with Gasteiger partial charge in [-0.15, -0.1) is 0 Å². The fraction of sp³-hybridized carbons (Fsp3) is 0.222. The van der Waals surface area contributed by atoms with E-state index in [1.165, 1.54) is 12.1 Å². The fourth-order valence-electron chi connectivity index (χ4n) is 5.41. The van der Waals surface area contributed by atoms with Crippen LogP contribution in [0.1, 0.15) is 43.7 Å². The number of nitrogens with zero attached hydrogens (tertiary/aromatic N) is 1. The molecule has 4 aromatic rings. The summed E-state index contributed by atoms with van der Waals surface area (Å²) in [4.78, 5) is 16.9. The van der Waals surface area contributed by atoms with E-state index in [4.69, 9.17) is 0 Å². The lowest BCUT2D eigenvalue weighted by atomic mass is 9.68. The Morgan fingerprint density at radius 3 is 2.73 bits per heavy atom. The maximum absolute atomic E-state index is 13.6. The third-order valence-corrected chi connectivity index (χ3v) is 6.78. The fourth-order valence-corrected chi connectivity index (χ4v) is 5.41. The summed E-state index contributed by atoms with van der Waals surface area (Å²) in [6.45, 7) is 4.27. The van der Waals surface area contributed by atoms with E-state index in [1.807, 2.05) is 18.5 Å². The highest BCUT2D eigenvalue weighted by atomic mass is 19.1. The van der Waals surface area contributed by atoms with Crippen LogP contribution in [-0.4, -0.2) is 16.0 Å². The van der Waals surface area contributed by atoms with E-state index in [0.29, 0.717) is 6.42 Å². The minimum absolute atomic E-state index is 0.105.